The summed E-state index contributed by atoms with van der Waals surface area (Å²) < 4.78 is 6.31. The van der Waals surface area contributed by atoms with E-state index in [-0.39, 0.29) is 5.04 Å². The van der Waals surface area contributed by atoms with Crippen LogP contribution in [-0.4, -0.2) is 31.1 Å². The predicted molar refractivity (Wildman–Crippen MR) is 110 cm³/mol. The van der Waals surface area contributed by atoms with Crippen LogP contribution >= 0.6 is 0 Å². The van der Waals surface area contributed by atoms with Gasteiger partial charge in [0.25, 0.3) is 0 Å². The van der Waals surface area contributed by atoms with E-state index in [1.165, 1.54) is 5.20 Å². The summed E-state index contributed by atoms with van der Waals surface area (Å²) in [5.74, 6) is 3.44. The Kier molecular flexibility index (Phi) is 7.62. The smallest absolute Gasteiger partial charge is 0.192 e. The predicted octanol–water partition coefficient (Wildman–Crippen LogP) is 6.08. The lowest BCUT2D eigenvalue weighted by Gasteiger charge is -2.36. The van der Waals surface area contributed by atoms with E-state index in [4.69, 9.17) is 4.43 Å². The third kappa shape index (κ3) is 8.52. The number of allylic oxidation sites excluding steroid dienone is 1. The molecule has 0 aliphatic rings. The van der Waals surface area contributed by atoms with Crippen LogP contribution in [0.15, 0.2) is 11.3 Å². The van der Waals surface area contributed by atoms with Gasteiger partial charge in [0.05, 0.1) is 14.7 Å². The molecule has 0 saturated heterocycles. The first-order chi connectivity index (χ1) is 9.56. The zero-order chi connectivity index (χ0) is 17.8. The Morgan fingerprint density at radius 1 is 0.955 bits per heavy atom. The topological polar surface area (TPSA) is 9.23 Å². The summed E-state index contributed by atoms with van der Waals surface area (Å²) in [6, 6.07) is 0. The first-order valence-corrected chi connectivity index (χ1v) is 18.3. The molecule has 0 aliphatic heterocycles. The molecule has 0 unspecified atom stereocenters. The molecule has 0 saturated carbocycles. The van der Waals surface area contributed by atoms with Crippen LogP contribution in [0.25, 0.3) is 0 Å². The van der Waals surface area contributed by atoms with Gasteiger partial charge in [-0.1, -0.05) is 71.3 Å². The third-order valence-electron chi connectivity index (χ3n) is 4.29. The molecule has 0 aromatic rings. The summed E-state index contributed by atoms with van der Waals surface area (Å²) >= 11 is 0. The van der Waals surface area contributed by atoms with E-state index in [9.17, 15) is 0 Å². The first kappa shape index (κ1) is 21.9. The van der Waals surface area contributed by atoms with Crippen molar-refractivity contribution < 1.29 is 4.43 Å². The second kappa shape index (κ2) is 7.65. The Labute approximate surface area is 143 Å². The maximum absolute atomic E-state index is 6.31. The van der Waals surface area contributed by atoms with Gasteiger partial charge in [-0.2, -0.15) is 0 Å². The van der Waals surface area contributed by atoms with Crippen LogP contribution in [0, 0.1) is 11.5 Å². The van der Waals surface area contributed by atoms with E-state index in [0.717, 1.165) is 13.0 Å². The van der Waals surface area contributed by atoms with Gasteiger partial charge >= 0.3 is 0 Å². The van der Waals surface area contributed by atoms with Crippen molar-refractivity contribution in [1.82, 2.24) is 0 Å². The molecule has 128 valence electrons. The lowest BCUT2D eigenvalue weighted by Crippen LogP contribution is -2.40. The van der Waals surface area contributed by atoms with Crippen LogP contribution in [0.4, 0.5) is 0 Å². The molecule has 22 heavy (non-hydrogen) atoms. The van der Waals surface area contributed by atoms with Crippen molar-refractivity contribution in [3.8, 4) is 11.5 Å². The minimum absolute atomic E-state index is 0.276. The standard InChI is InChI=1S/C18H38OSi3/c1-18(2,3)22(10,11)19-15-14-17(21(7,8)9)13-12-16-20(4,5)6/h14H,13,15H2,1-11H3/b17-14-. The minimum Gasteiger partial charge on any atom is -0.413 e. The van der Waals surface area contributed by atoms with Crippen molar-refractivity contribution in [2.45, 2.75) is 84.6 Å². The lowest BCUT2D eigenvalue weighted by molar-refractivity contribution is 0.327. The Hall–Kier alpha value is -0.0894. The van der Waals surface area contributed by atoms with Crippen LogP contribution in [0.5, 0.6) is 0 Å². The summed E-state index contributed by atoms with van der Waals surface area (Å²) in [4.78, 5) is 0. The average molecular weight is 355 g/mol. The zero-order valence-electron chi connectivity index (χ0n) is 16.9. The van der Waals surface area contributed by atoms with E-state index in [1.54, 1.807) is 0 Å². The average Bonchev–Trinajstić information content (AvgIpc) is 2.22. The van der Waals surface area contributed by atoms with E-state index >= 15 is 0 Å². The monoisotopic (exact) mass is 354 g/mol. The highest BCUT2D eigenvalue weighted by Gasteiger charge is 2.36. The molecular formula is C18H38OSi3. The van der Waals surface area contributed by atoms with Crippen molar-refractivity contribution in [3.05, 3.63) is 11.3 Å². The summed E-state index contributed by atoms with van der Waals surface area (Å²) in [5.41, 5.74) is 3.49. The Morgan fingerprint density at radius 3 is 1.82 bits per heavy atom. The van der Waals surface area contributed by atoms with Crippen molar-refractivity contribution in [2.24, 2.45) is 0 Å². The number of rotatable bonds is 5. The molecule has 0 radical (unpaired) electrons. The Balaban J connectivity index is 4.97. The SMILES string of the molecule is CC(C)(C)[Si](C)(C)OC/C=C(/CC#C[Si](C)(C)C)[Si](C)(C)C. The van der Waals surface area contributed by atoms with E-state index < -0.39 is 24.5 Å². The van der Waals surface area contributed by atoms with E-state index in [1.807, 2.05) is 0 Å². The second-order valence-corrected chi connectivity index (χ2v) is 24.5. The molecule has 0 spiro atoms. The molecule has 0 aromatic carbocycles. The number of hydrogen-bond donors (Lipinski definition) is 0. The van der Waals surface area contributed by atoms with Crippen LogP contribution in [0.3, 0.4) is 0 Å². The van der Waals surface area contributed by atoms with Crippen molar-refractivity contribution in [2.75, 3.05) is 6.61 Å². The maximum Gasteiger partial charge on any atom is 0.192 e. The van der Waals surface area contributed by atoms with Crippen molar-refractivity contribution >= 4 is 24.5 Å². The normalized spacial score (nSPS) is 14.6. The highest BCUT2D eigenvalue weighted by atomic mass is 28.4. The van der Waals surface area contributed by atoms with Gasteiger partial charge in [0, 0.05) is 6.42 Å². The summed E-state index contributed by atoms with van der Waals surface area (Å²) in [5, 5.41) is 1.81. The summed E-state index contributed by atoms with van der Waals surface area (Å²) in [7, 11) is -4.23. The molecule has 1 nitrogen and oxygen atoms in total. The highest BCUT2D eigenvalue weighted by molar-refractivity contribution is 6.84. The molecule has 0 N–H and O–H groups in total. The highest BCUT2D eigenvalue weighted by Crippen LogP contribution is 2.36. The van der Waals surface area contributed by atoms with Gasteiger partial charge < -0.3 is 4.43 Å². The van der Waals surface area contributed by atoms with Crippen LogP contribution in [-0.2, 0) is 4.43 Å². The zero-order valence-corrected chi connectivity index (χ0v) is 19.9. The molecule has 0 bridgehead atoms. The first-order valence-electron chi connectivity index (χ1n) is 8.40. The van der Waals surface area contributed by atoms with Gasteiger partial charge in [-0.05, 0) is 18.1 Å². The second-order valence-electron chi connectivity index (χ2n) is 9.78. The van der Waals surface area contributed by atoms with E-state index in [2.05, 4.69) is 90.7 Å². The molecular weight excluding hydrogens is 316 g/mol. The largest absolute Gasteiger partial charge is 0.413 e. The van der Waals surface area contributed by atoms with Crippen LogP contribution in [0.1, 0.15) is 27.2 Å². The van der Waals surface area contributed by atoms with Gasteiger partial charge in [0.1, 0.15) is 8.07 Å². The molecule has 0 rings (SSSR count). The van der Waals surface area contributed by atoms with Gasteiger partial charge in [-0.25, -0.2) is 0 Å². The fourth-order valence-electron chi connectivity index (χ4n) is 1.62. The molecule has 0 amide bonds. The fourth-order valence-corrected chi connectivity index (χ4v) is 4.48. The molecule has 4 heteroatoms. The minimum atomic E-state index is -1.65. The molecule has 0 heterocycles. The third-order valence-corrected chi connectivity index (χ3v) is 12.0. The van der Waals surface area contributed by atoms with Crippen LogP contribution in [0.2, 0.25) is 57.4 Å². The Morgan fingerprint density at radius 2 is 1.45 bits per heavy atom. The Bertz CT molecular complexity index is 446. The van der Waals surface area contributed by atoms with E-state index in [0.29, 0.717) is 0 Å². The maximum atomic E-state index is 6.31. The fraction of sp³-hybridized carbons (Fsp3) is 0.778. The summed E-state index contributed by atoms with van der Waals surface area (Å²) in [6.45, 7) is 26.4. The molecule has 0 fully saturated rings. The lowest BCUT2D eigenvalue weighted by atomic mass is 10.2. The molecule has 0 aromatic heterocycles. The van der Waals surface area contributed by atoms with Crippen LogP contribution < -0.4 is 0 Å². The quantitative estimate of drug-likeness (QED) is 0.429. The van der Waals surface area contributed by atoms with Gasteiger partial charge in [-0.3, -0.25) is 0 Å². The van der Waals surface area contributed by atoms with Crippen molar-refractivity contribution in [1.29, 1.82) is 0 Å². The van der Waals surface area contributed by atoms with Crippen molar-refractivity contribution in [3.63, 3.8) is 0 Å². The number of hydrogen-bond acceptors (Lipinski definition) is 1. The molecule has 0 atom stereocenters. The van der Waals surface area contributed by atoms with Gasteiger partial charge in [0.2, 0.25) is 0 Å². The molecule has 0 aliphatic carbocycles. The summed E-state index contributed by atoms with van der Waals surface area (Å²) in [6.07, 6.45) is 3.27. The van der Waals surface area contributed by atoms with Gasteiger partial charge in [-0.15, -0.1) is 11.5 Å². The van der Waals surface area contributed by atoms with Gasteiger partial charge in [0.15, 0.2) is 8.32 Å².